The van der Waals surface area contributed by atoms with E-state index in [2.05, 4.69) is 4.72 Å². The van der Waals surface area contributed by atoms with Gasteiger partial charge in [0.2, 0.25) is 20.0 Å². The Hall–Kier alpha value is -2.06. The van der Waals surface area contributed by atoms with Crippen molar-refractivity contribution in [1.82, 2.24) is 0 Å². The van der Waals surface area contributed by atoms with Gasteiger partial charge in [-0.1, -0.05) is 36.4 Å². The van der Waals surface area contributed by atoms with E-state index in [4.69, 9.17) is 0 Å². The molecule has 6 nitrogen and oxygen atoms in total. The lowest BCUT2D eigenvalue weighted by Gasteiger charge is -2.28. The molecular weight excluding hydrogens is 372 g/mol. The van der Waals surface area contributed by atoms with E-state index in [0.29, 0.717) is 30.8 Å². The Kier molecular flexibility index (Phi) is 5.52. The maximum absolute atomic E-state index is 12.3. The molecule has 1 aliphatic heterocycles. The molecule has 3 rings (SSSR count). The molecule has 2 aromatic rings. The quantitative estimate of drug-likeness (QED) is 0.816. The van der Waals surface area contributed by atoms with Crippen molar-refractivity contribution in [2.24, 2.45) is 0 Å². The molecular formula is C18H22N2O4S2. The fraction of sp³-hybridized carbons (Fsp3) is 0.333. The van der Waals surface area contributed by atoms with Gasteiger partial charge in [0, 0.05) is 6.54 Å². The molecule has 0 amide bonds. The van der Waals surface area contributed by atoms with Crippen LogP contribution in [-0.4, -0.2) is 34.9 Å². The Bertz CT molecular complexity index is 958. The first-order valence-electron chi connectivity index (χ1n) is 8.51. The molecule has 0 aromatic heterocycles. The Morgan fingerprint density at radius 3 is 2.50 bits per heavy atom. The molecule has 1 fully saturated rings. The van der Waals surface area contributed by atoms with Crippen molar-refractivity contribution in [1.29, 1.82) is 0 Å². The van der Waals surface area contributed by atoms with E-state index in [0.717, 1.165) is 12.0 Å². The molecule has 140 valence electrons. The molecule has 8 heteroatoms. The van der Waals surface area contributed by atoms with Gasteiger partial charge in [0.15, 0.2) is 0 Å². The fourth-order valence-corrected chi connectivity index (χ4v) is 5.65. The minimum absolute atomic E-state index is 0.0384. The Morgan fingerprint density at radius 1 is 1.00 bits per heavy atom. The van der Waals surface area contributed by atoms with Gasteiger partial charge in [0.1, 0.15) is 0 Å². The van der Waals surface area contributed by atoms with E-state index in [1.54, 1.807) is 24.3 Å². The van der Waals surface area contributed by atoms with E-state index in [-0.39, 0.29) is 11.5 Å². The average molecular weight is 395 g/mol. The van der Waals surface area contributed by atoms with E-state index in [1.807, 2.05) is 30.3 Å². The smallest absolute Gasteiger partial charge is 0.235 e. The summed E-state index contributed by atoms with van der Waals surface area (Å²) >= 11 is 0. The molecule has 1 heterocycles. The van der Waals surface area contributed by atoms with Crippen LogP contribution in [0.5, 0.6) is 0 Å². The van der Waals surface area contributed by atoms with Crippen LogP contribution in [0.4, 0.5) is 11.4 Å². The molecule has 1 aliphatic rings. The first-order chi connectivity index (χ1) is 12.4. The van der Waals surface area contributed by atoms with Gasteiger partial charge in [-0.3, -0.25) is 9.03 Å². The summed E-state index contributed by atoms with van der Waals surface area (Å²) in [5, 5.41) is 0. The number of aryl methyl sites for hydroxylation is 1. The van der Waals surface area contributed by atoms with E-state index < -0.39 is 20.0 Å². The summed E-state index contributed by atoms with van der Waals surface area (Å²) in [5.41, 5.74) is 1.82. The lowest BCUT2D eigenvalue weighted by atomic mass is 10.2. The molecule has 26 heavy (non-hydrogen) atoms. The van der Waals surface area contributed by atoms with Crippen LogP contribution in [0.2, 0.25) is 0 Å². The monoisotopic (exact) mass is 394 g/mol. The van der Waals surface area contributed by atoms with E-state index in [9.17, 15) is 16.8 Å². The van der Waals surface area contributed by atoms with Crippen molar-refractivity contribution in [2.75, 3.05) is 27.1 Å². The van der Waals surface area contributed by atoms with Crippen molar-refractivity contribution in [3.8, 4) is 0 Å². The second-order valence-electron chi connectivity index (χ2n) is 6.30. The number of sulfonamides is 2. The first kappa shape index (κ1) is 18.7. The molecule has 0 radical (unpaired) electrons. The first-order valence-corrected chi connectivity index (χ1v) is 11.8. The summed E-state index contributed by atoms with van der Waals surface area (Å²) in [6.07, 6.45) is 1.87. The van der Waals surface area contributed by atoms with Crippen LogP contribution in [0, 0.1) is 0 Å². The van der Waals surface area contributed by atoms with E-state index >= 15 is 0 Å². The third-order valence-electron chi connectivity index (χ3n) is 4.26. The molecule has 0 atom stereocenters. The van der Waals surface area contributed by atoms with Crippen LogP contribution >= 0.6 is 0 Å². The van der Waals surface area contributed by atoms with Crippen LogP contribution in [0.15, 0.2) is 54.6 Å². The number of benzene rings is 2. The van der Waals surface area contributed by atoms with Crippen LogP contribution in [0.1, 0.15) is 18.4 Å². The predicted molar refractivity (Wildman–Crippen MR) is 104 cm³/mol. The van der Waals surface area contributed by atoms with Gasteiger partial charge in [0.05, 0.1) is 22.9 Å². The molecule has 0 saturated carbocycles. The predicted octanol–water partition coefficient (Wildman–Crippen LogP) is 2.60. The average Bonchev–Trinajstić information content (AvgIpc) is 2.60. The van der Waals surface area contributed by atoms with Crippen LogP contribution in [-0.2, 0) is 26.5 Å². The summed E-state index contributed by atoms with van der Waals surface area (Å²) < 4.78 is 53.0. The third kappa shape index (κ3) is 4.76. The second-order valence-corrected chi connectivity index (χ2v) is 10.2. The summed E-state index contributed by atoms with van der Waals surface area (Å²) in [7, 11) is -6.85. The SMILES string of the molecule is O=S(=O)(CCc1ccccc1)Nc1cccc(N2CCCCS2(=O)=O)c1. The zero-order valence-corrected chi connectivity index (χ0v) is 16.0. The topological polar surface area (TPSA) is 83.6 Å². The highest BCUT2D eigenvalue weighted by Gasteiger charge is 2.26. The number of nitrogens with zero attached hydrogens (tertiary/aromatic N) is 1. The van der Waals surface area contributed by atoms with Crippen molar-refractivity contribution >= 4 is 31.4 Å². The molecule has 0 bridgehead atoms. The number of rotatable bonds is 6. The Labute approximate surface area is 155 Å². The minimum Gasteiger partial charge on any atom is -0.283 e. The Morgan fingerprint density at radius 2 is 1.77 bits per heavy atom. The van der Waals surface area contributed by atoms with Crippen LogP contribution < -0.4 is 9.03 Å². The number of hydrogen-bond donors (Lipinski definition) is 1. The summed E-state index contributed by atoms with van der Waals surface area (Å²) in [6.45, 7) is 0.423. The number of anilines is 2. The van der Waals surface area contributed by atoms with Crippen molar-refractivity contribution in [3.63, 3.8) is 0 Å². The maximum atomic E-state index is 12.3. The molecule has 1 N–H and O–H groups in total. The van der Waals surface area contributed by atoms with Crippen molar-refractivity contribution in [3.05, 3.63) is 60.2 Å². The molecule has 0 aliphatic carbocycles. The fourth-order valence-electron chi connectivity index (χ4n) is 2.93. The standard InChI is InChI=1S/C18H22N2O4S2/c21-25(22,14-11-16-7-2-1-3-8-16)19-17-9-6-10-18(15-17)20-12-4-5-13-26(20,23)24/h1-3,6-10,15,19H,4-5,11-14H2. The third-order valence-corrected chi connectivity index (χ3v) is 7.42. The molecule has 1 saturated heterocycles. The van der Waals surface area contributed by atoms with Gasteiger partial charge < -0.3 is 0 Å². The minimum atomic E-state index is -3.53. The highest BCUT2D eigenvalue weighted by atomic mass is 32.2. The summed E-state index contributed by atoms with van der Waals surface area (Å²) in [5.74, 6) is 0.0866. The normalized spacial score (nSPS) is 17.0. The summed E-state index contributed by atoms with van der Waals surface area (Å²) in [4.78, 5) is 0. The highest BCUT2D eigenvalue weighted by Crippen LogP contribution is 2.26. The van der Waals surface area contributed by atoms with Gasteiger partial charge in [-0.2, -0.15) is 0 Å². The zero-order chi connectivity index (χ0) is 18.6. The van der Waals surface area contributed by atoms with Gasteiger partial charge in [0.25, 0.3) is 0 Å². The van der Waals surface area contributed by atoms with Crippen LogP contribution in [0.3, 0.4) is 0 Å². The maximum Gasteiger partial charge on any atom is 0.235 e. The van der Waals surface area contributed by atoms with Crippen LogP contribution in [0.25, 0.3) is 0 Å². The van der Waals surface area contributed by atoms with Gasteiger partial charge in [-0.05, 0) is 43.0 Å². The highest BCUT2D eigenvalue weighted by molar-refractivity contribution is 7.93. The lowest BCUT2D eigenvalue weighted by molar-refractivity contribution is 0.574. The lowest BCUT2D eigenvalue weighted by Crippen LogP contribution is -2.37. The summed E-state index contributed by atoms with van der Waals surface area (Å²) in [6, 6.07) is 15.9. The number of nitrogens with one attached hydrogen (secondary N) is 1. The van der Waals surface area contributed by atoms with Gasteiger partial charge >= 0.3 is 0 Å². The van der Waals surface area contributed by atoms with Crippen molar-refractivity contribution in [2.45, 2.75) is 19.3 Å². The largest absolute Gasteiger partial charge is 0.283 e. The van der Waals surface area contributed by atoms with Gasteiger partial charge in [-0.25, -0.2) is 16.8 Å². The molecule has 0 spiro atoms. The number of hydrogen-bond acceptors (Lipinski definition) is 4. The second kappa shape index (κ2) is 7.67. The molecule has 0 unspecified atom stereocenters. The molecule has 2 aromatic carbocycles. The van der Waals surface area contributed by atoms with Crippen molar-refractivity contribution < 1.29 is 16.8 Å². The van der Waals surface area contributed by atoms with E-state index in [1.165, 1.54) is 4.31 Å². The Balaban J connectivity index is 1.72. The van der Waals surface area contributed by atoms with Gasteiger partial charge in [-0.15, -0.1) is 0 Å². The zero-order valence-electron chi connectivity index (χ0n) is 14.3.